The lowest BCUT2D eigenvalue weighted by Crippen LogP contribution is -1.90. The molecule has 0 aromatic carbocycles. The lowest BCUT2D eigenvalue weighted by atomic mass is 10.4. The quantitative estimate of drug-likeness (QED) is 0.356. The predicted molar refractivity (Wildman–Crippen MR) is 55.6 cm³/mol. The lowest BCUT2D eigenvalue weighted by molar-refractivity contribution is 0.371. The van der Waals surface area contributed by atoms with Crippen molar-refractivity contribution in [3.05, 3.63) is 26.5 Å². The standard InChI is InChI=1S/C6H9N4O3PS/c7-10-8-2-1-6-9-5(4-15-6)3-14(11,12)13/h4H,1-3H2,(H2,11,12,13). The van der Waals surface area contributed by atoms with E-state index in [1.165, 1.54) is 11.3 Å². The molecule has 9 heteroatoms. The summed E-state index contributed by atoms with van der Waals surface area (Å²) >= 11 is 1.30. The summed E-state index contributed by atoms with van der Waals surface area (Å²) in [7, 11) is -4.04. The Morgan fingerprint density at radius 3 is 3.00 bits per heavy atom. The first-order chi connectivity index (χ1) is 7.01. The van der Waals surface area contributed by atoms with Gasteiger partial charge in [-0.25, -0.2) is 4.98 Å². The van der Waals surface area contributed by atoms with Crippen LogP contribution in [0.1, 0.15) is 10.7 Å². The van der Waals surface area contributed by atoms with E-state index in [0.29, 0.717) is 23.7 Å². The van der Waals surface area contributed by atoms with Crippen molar-refractivity contribution in [3.63, 3.8) is 0 Å². The average molecular weight is 248 g/mol. The molecule has 0 aliphatic carbocycles. The van der Waals surface area contributed by atoms with Crippen LogP contribution in [-0.2, 0) is 17.1 Å². The minimum atomic E-state index is -4.04. The molecule has 0 atom stereocenters. The smallest absolute Gasteiger partial charge is 0.324 e. The van der Waals surface area contributed by atoms with Gasteiger partial charge in [-0.1, -0.05) is 5.11 Å². The monoisotopic (exact) mass is 248 g/mol. The Labute approximate surface area is 89.6 Å². The average Bonchev–Trinajstić information content (AvgIpc) is 2.50. The van der Waals surface area contributed by atoms with Crippen molar-refractivity contribution in [2.24, 2.45) is 5.11 Å². The summed E-state index contributed by atoms with van der Waals surface area (Å²) in [4.78, 5) is 24.0. The van der Waals surface area contributed by atoms with Crippen LogP contribution >= 0.6 is 18.9 Å². The molecule has 0 fully saturated rings. The highest BCUT2D eigenvalue weighted by atomic mass is 32.1. The maximum absolute atomic E-state index is 10.7. The molecule has 0 saturated heterocycles. The van der Waals surface area contributed by atoms with Crippen molar-refractivity contribution in [3.8, 4) is 0 Å². The Hall–Kier alpha value is -0.910. The highest BCUT2D eigenvalue weighted by molar-refractivity contribution is 7.50. The van der Waals surface area contributed by atoms with Gasteiger partial charge < -0.3 is 9.79 Å². The highest BCUT2D eigenvalue weighted by Crippen LogP contribution is 2.39. The second-order valence-electron chi connectivity index (χ2n) is 2.76. The van der Waals surface area contributed by atoms with Crippen LogP contribution < -0.4 is 0 Å². The van der Waals surface area contributed by atoms with E-state index in [9.17, 15) is 4.57 Å². The zero-order chi connectivity index (χ0) is 11.3. The van der Waals surface area contributed by atoms with Gasteiger partial charge >= 0.3 is 7.60 Å². The minimum Gasteiger partial charge on any atom is -0.324 e. The van der Waals surface area contributed by atoms with Crippen LogP contribution in [-0.4, -0.2) is 21.3 Å². The third-order valence-corrected chi connectivity index (χ3v) is 3.15. The number of aromatic nitrogens is 1. The maximum Gasteiger partial charge on any atom is 0.331 e. The summed E-state index contributed by atoms with van der Waals surface area (Å²) in [6, 6.07) is 0. The van der Waals surface area contributed by atoms with E-state index in [1.807, 2.05) is 0 Å². The van der Waals surface area contributed by atoms with Gasteiger partial charge in [-0.3, -0.25) is 4.57 Å². The Morgan fingerprint density at radius 1 is 1.67 bits per heavy atom. The van der Waals surface area contributed by atoms with Crippen molar-refractivity contribution >= 4 is 18.9 Å². The normalized spacial score (nSPS) is 11.1. The van der Waals surface area contributed by atoms with Crippen molar-refractivity contribution in [1.82, 2.24) is 4.98 Å². The second-order valence-corrected chi connectivity index (χ2v) is 5.35. The highest BCUT2D eigenvalue weighted by Gasteiger charge is 2.16. The van der Waals surface area contributed by atoms with Crippen LogP contribution in [0.5, 0.6) is 0 Å². The molecule has 0 saturated carbocycles. The van der Waals surface area contributed by atoms with Crippen LogP contribution in [0.3, 0.4) is 0 Å². The van der Waals surface area contributed by atoms with E-state index in [4.69, 9.17) is 15.3 Å². The van der Waals surface area contributed by atoms with Crippen molar-refractivity contribution in [1.29, 1.82) is 0 Å². The number of hydrogen-bond acceptors (Lipinski definition) is 4. The topological polar surface area (TPSA) is 119 Å². The largest absolute Gasteiger partial charge is 0.331 e. The van der Waals surface area contributed by atoms with Crippen LogP contribution in [0.4, 0.5) is 0 Å². The Kier molecular flexibility index (Phi) is 4.26. The van der Waals surface area contributed by atoms with E-state index >= 15 is 0 Å². The van der Waals surface area contributed by atoms with E-state index in [0.717, 1.165) is 0 Å². The summed E-state index contributed by atoms with van der Waals surface area (Å²) in [5.41, 5.74) is 8.42. The summed E-state index contributed by atoms with van der Waals surface area (Å²) in [5, 5.41) is 5.66. The summed E-state index contributed by atoms with van der Waals surface area (Å²) in [6.45, 7) is 0.305. The zero-order valence-corrected chi connectivity index (χ0v) is 9.36. The Morgan fingerprint density at radius 2 is 2.40 bits per heavy atom. The van der Waals surface area contributed by atoms with Crippen LogP contribution in [0, 0.1) is 0 Å². The number of azide groups is 1. The molecule has 0 aliphatic rings. The molecular weight excluding hydrogens is 239 g/mol. The van der Waals surface area contributed by atoms with Gasteiger partial charge in [0.05, 0.1) is 16.9 Å². The van der Waals surface area contributed by atoms with Crippen LogP contribution in [0.2, 0.25) is 0 Å². The van der Waals surface area contributed by atoms with E-state index in [1.54, 1.807) is 5.38 Å². The predicted octanol–water partition coefficient (Wildman–Crippen LogP) is 1.67. The molecule has 1 heterocycles. The number of thiazole rings is 1. The Balaban J connectivity index is 2.56. The van der Waals surface area contributed by atoms with Gasteiger partial charge in [0, 0.05) is 23.3 Å². The molecule has 0 bridgehead atoms. The number of nitrogens with zero attached hydrogens (tertiary/aromatic N) is 4. The molecule has 7 nitrogen and oxygen atoms in total. The van der Waals surface area contributed by atoms with Gasteiger partial charge in [0.1, 0.15) is 0 Å². The van der Waals surface area contributed by atoms with Gasteiger partial charge in [-0.15, -0.1) is 11.3 Å². The fourth-order valence-corrected chi connectivity index (χ4v) is 2.43. The summed E-state index contributed by atoms with van der Waals surface area (Å²) in [5.74, 6) is 0. The fraction of sp³-hybridized carbons (Fsp3) is 0.500. The summed E-state index contributed by atoms with van der Waals surface area (Å²) in [6.07, 6.45) is 0.154. The second kappa shape index (κ2) is 5.25. The van der Waals surface area contributed by atoms with E-state index in [2.05, 4.69) is 15.0 Å². The van der Waals surface area contributed by atoms with Gasteiger partial charge in [0.25, 0.3) is 0 Å². The van der Waals surface area contributed by atoms with Gasteiger partial charge in [0.15, 0.2) is 0 Å². The third kappa shape index (κ3) is 4.92. The van der Waals surface area contributed by atoms with Crippen LogP contribution in [0.25, 0.3) is 10.4 Å². The molecule has 0 aliphatic heterocycles. The van der Waals surface area contributed by atoms with Gasteiger partial charge in [-0.2, -0.15) is 0 Å². The molecule has 0 spiro atoms. The first-order valence-corrected chi connectivity index (χ1v) is 6.68. The number of hydrogen-bond donors (Lipinski definition) is 2. The van der Waals surface area contributed by atoms with Gasteiger partial charge in [0.2, 0.25) is 0 Å². The van der Waals surface area contributed by atoms with Crippen molar-refractivity contribution in [2.45, 2.75) is 12.6 Å². The van der Waals surface area contributed by atoms with Crippen molar-refractivity contribution < 1.29 is 14.4 Å². The van der Waals surface area contributed by atoms with Crippen LogP contribution in [0.15, 0.2) is 10.5 Å². The minimum absolute atomic E-state index is 0.305. The molecule has 82 valence electrons. The molecule has 0 radical (unpaired) electrons. The SMILES string of the molecule is [N-]=[N+]=NCCc1nc(CP(=O)(O)O)cs1. The molecule has 2 N–H and O–H groups in total. The van der Waals surface area contributed by atoms with E-state index in [-0.39, 0.29) is 6.16 Å². The molecule has 0 amide bonds. The molecular formula is C6H9N4O3PS. The zero-order valence-electron chi connectivity index (χ0n) is 7.65. The van der Waals surface area contributed by atoms with Gasteiger partial charge in [-0.05, 0) is 5.53 Å². The molecule has 1 aromatic heterocycles. The molecule has 0 unspecified atom stereocenters. The first-order valence-electron chi connectivity index (χ1n) is 4.00. The van der Waals surface area contributed by atoms with E-state index < -0.39 is 7.60 Å². The molecule has 15 heavy (non-hydrogen) atoms. The number of rotatable bonds is 5. The Bertz CT molecular complexity index is 422. The summed E-state index contributed by atoms with van der Waals surface area (Å²) < 4.78 is 10.7. The molecule has 1 rings (SSSR count). The third-order valence-electron chi connectivity index (χ3n) is 1.46. The first kappa shape index (κ1) is 12.2. The maximum atomic E-state index is 10.7. The fourth-order valence-electron chi connectivity index (χ4n) is 0.938. The molecule has 1 aromatic rings. The van der Waals surface area contributed by atoms with Crippen molar-refractivity contribution in [2.75, 3.05) is 6.54 Å². The lowest BCUT2D eigenvalue weighted by Gasteiger charge is -1.98.